The van der Waals surface area contributed by atoms with Crippen LogP contribution < -0.4 is 10.1 Å². The molecule has 0 bridgehead atoms. The number of hydrogen-bond donors (Lipinski definition) is 1. The number of aryl methyl sites for hydroxylation is 1. The lowest BCUT2D eigenvalue weighted by atomic mass is 10.1. The van der Waals surface area contributed by atoms with Crippen LogP contribution in [0, 0.1) is 5.92 Å². The van der Waals surface area contributed by atoms with Crippen molar-refractivity contribution < 1.29 is 9.53 Å². The lowest BCUT2D eigenvalue weighted by molar-refractivity contribution is -0.119. The van der Waals surface area contributed by atoms with Gasteiger partial charge in [0.15, 0.2) is 0 Å². The van der Waals surface area contributed by atoms with Crippen molar-refractivity contribution in [3.63, 3.8) is 0 Å². The summed E-state index contributed by atoms with van der Waals surface area (Å²) in [7, 11) is 0. The van der Waals surface area contributed by atoms with E-state index in [9.17, 15) is 4.79 Å². The molecule has 1 N–H and O–H groups in total. The Balaban J connectivity index is 1.56. The van der Waals surface area contributed by atoms with Crippen molar-refractivity contribution in [2.75, 3.05) is 0 Å². The van der Waals surface area contributed by atoms with Crippen LogP contribution in [-0.2, 0) is 11.2 Å². The number of pyridine rings is 1. The van der Waals surface area contributed by atoms with Crippen molar-refractivity contribution in [3.05, 3.63) is 58.8 Å². The summed E-state index contributed by atoms with van der Waals surface area (Å²) in [6.45, 7) is 3.42. The van der Waals surface area contributed by atoms with Crippen LogP contribution in [0.1, 0.15) is 44.2 Å². The maximum Gasteiger partial charge on any atom is 0.219 e. The van der Waals surface area contributed by atoms with Crippen LogP contribution >= 0.6 is 11.6 Å². The molecule has 1 heterocycles. The van der Waals surface area contributed by atoms with Crippen LogP contribution in [-0.4, -0.2) is 16.9 Å². The monoisotopic (exact) mass is 384 g/mol. The summed E-state index contributed by atoms with van der Waals surface area (Å²) in [5.41, 5.74) is 2.12. The smallest absolute Gasteiger partial charge is 0.219 e. The van der Waals surface area contributed by atoms with Crippen LogP contribution in [0.3, 0.4) is 0 Å². The van der Waals surface area contributed by atoms with Gasteiger partial charge in [-0.2, -0.15) is 0 Å². The van der Waals surface area contributed by atoms with Gasteiger partial charge in [-0.05, 0) is 55.0 Å². The average Bonchev–Trinajstić information content (AvgIpc) is 3.44. The normalized spacial score (nSPS) is 14.9. The zero-order chi connectivity index (χ0) is 19.2. The van der Waals surface area contributed by atoms with E-state index in [1.54, 1.807) is 6.20 Å². The zero-order valence-corrected chi connectivity index (χ0v) is 16.5. The second-order valence-electron chi connectivity index (χ2n) is 7.12. The SMILES string of the molecule is CC(=O)N[C@@H](C)/C=C/c1ccc(Oc2ccc(CCC3CC3)c(Cl)c2)nc1. The van der Waals surface area contributed by atoms with Gasteiger partial charge in [-0.15, -0.1) is 0 Å². The number of carbonyl (C=O) groups is 1. The highest BCUT2D eigenvalue weighted by Gasteiger charge is 2.21. The van der Waals surface area contributed by atoms with Gasteiger partial charge in [0.1, 0.15) is 5.75 Å². The van der Waals surface area contributed by atoms with Gasteiger partial charge in [-0.3, -0.25) is 4.79 Å². The lowest BCUT2D eigenvalue weighted by Crippen LogP contribution is -2.28. The molecule has 1 amide bonds. The number of nitrogens with zero attached hydrogens (tertiary/aromatic N) is 1. The zero-order valence-electron chi connectivity index (χ0n) is 15.7. The van der Waals surface area contributed by atoms with Crippen LogP contribution in [0.15, 0.2) is 42.6 Å². The fourth-order valence-corrected chi connectivity index (χ4v) is 3.12. The molecule has 1 aromatic carbocycles. The van der Waals surface area contributed by atoms with Crippen LogP contribution in [0.4, 0.5) is 0 Å². The maximum atomic E-state index is 11.0. The Bertz CT molecular complexity index is 814. The summed E-state index contributed by atoms with van der Waals surface area (Å²) in [5, 5.41) is 3.55. The van der Waals surface area contributed by atoms with E-state index >= 15 is 0 Å². The molecule has 27 heavy (non-hydrogen) atoms. The van der Waals surface area contributed by atoms with Crippen molar-refractivity contribution >= 4 is 23.6 Å². The minimum atomic E-state index is -0.0498. The van der Waals surface area contributed by atoms with Crippen molar-refractivity contribution in [3.8, 4) is 11.6 Å². The van der Waals surface area contributed by atoms with E-state index in [-0.39, 0.29) is 11.9 Å². The summed E-state index contributed by atoms with van der Waals surface area (Å²) < 4.78 is 5.81. The molecule has 0 spiro atoms. The van der Waals surface area contributed by atoms with Crippen LogP contribution in [0.5, 0.6) is 11.6 Å². The molecule has 0 unspecified atom stereocenters. The maximum absolute atomic E-state index is 11.0. The second-order valence-corrected chi connectivity index (χ2v) is 7.52. The van der Waals surface area contributed by atoms with E-state index in [4.69, 9.17) is 16.3 Å². The van der Waals surface area contributed by atoms with E-state index in [1.165, 1.54) is 31.7 Å². The number of amides is 1. The van der Waals surface area contributed by atoms with Gasteiger partial charge in [0.2, 0.25) is 11.8 Å². The predicted molar refractivity (Wildman–Crippen MR) is 109 cm³/mol. The highest BCUT2D eigenvalue weighted by atomic mass is 35.5. The van der Waals surface area contributed by atoms with Gasteiger partial charge in [-0.1, -0.05) is 42.7 Å². The molecular formula is C22H25ClN2O2. The van der Waals surface area contributed by atoms with Crippen molar-refractivity contribution in [2.45, 2.75) is 45.6 Å². The summed E-state index contributed by atoms with van der Waals surface area (Å²) in [6, 6.07) is 9.55. The Morgan fingerprint density at radius 1 is 1.37 bits per heavy atom. The third-order valence-corrected chi connectivity index (χ3v) is 4.89. The number of benzene rings is 1. The van der Waals surface area contributed by atoms with Gasteiger partial charge in [0.05, 0.1) is 0 Å². The van der Waals surface area contributed by atoms with Crippen LogP contribution in [0.2, 0.25) is 5.02 Å². The molecule has 1 atom stereocenters. The third-order valence-electron chi connectivity index (χ3n) is 4.53. The number of aromatic nitrogens is 1. The Labute approximate surface area is 165 Å². The van der Waals surface area contributed by atoms with Gasteiger partial charge in [-0.25, -0.2) is 4.98 Å². The lowest BCUT2D eigenvalue weighted by Gasteiger charge is -2.09. The molecule has 142 valence electrons. The van der Waals surface area contributed by atoms with Gasteiger partial charge in [0, 0.05) is 30.3 Å². The fraction of sp³-hybridized carbons (Fsp3) is 0.364. The largest absolute Gasteiger partial charge is 0.439 e. The molecule has 0 aliphatic heterocycles. The minimum Gasteiger partial charge on any atom is -0.439 e. The van der Waals surface area contributed by atoms with Crippen molar-refractivity contribution in [1.82, 2.24) is 10.3 Å². The van der Waals surface area contributed by atoms with Gasteiger partial charge >= 0.3 is 0 Å². The Kier molecular flexibility index (Phi) is 6.51. The molecule has 1 saturated carbocycles. The fourth-order valence-electron chi connectivity index (χ4n) is 2.86. The number of halogens is 1. The van der Waals surface area contributed by atoms with E-state index in [1.807, 2.05) is 49.4 Å². The number of nitrogens with one attached hydrogen (secondary N) is 1. The first-order valence-corrected chi connectivity index (χ1v) is 9.75. The first-order chi connectivity index (χ1) is 13.0. The molecule has 1 aromatic heterocycles. The highest BCUT2D eigenvalue weighted by molar-refractivity contribution is 6.31. The quantitative estimate of drug-likeness (QED) is 0.662. The molecular weight excluding hydrogens is 360 g/mol. The second kappa shape index (κ2) is 9.05. The average molecular weight is 385 g/mol. The molecule has 1 aliphatic rings. The molecule has 5 heteroatoms. The summed E-state index contributed by atoms with van der Waals surface area (Å²) in [5.74, 6) is 2.05. The molecule has 1 aliphatic carbocycles. The topological polar surface area (TPSA) is 51.2 Å². The Morgan fingerprint density at radius 3 is 2.81 bits per heavy atom. The van der Waals surface area contributed by atoms with E-state index in [0.717, 1.165) is 22.9 Å². The standard InChI is InChI=1S/C22H25ClN2O2/c1-15(25-16(2)26)3-4-18-8-12-22(24-14-18)27-20-11-10-19(21(23)13-20)9-7-17-5-6-17/h3-4,8,10-15,17H,5-7,9H2,1-2H3,(H,25,26)/b4-3+/t15-/m0/s1. The van der Waals surface area contributed by atoms with E-state index < -0.39 is 0 Å². The summed E-state index contributed by atoms with van der Waals surface area (Å²) >= 11 is 6.39. The van der Waals surface area contributed by atoms with Gasteiger partial charge in [0.25, 0.3) is 0 Å². The Morgan fingerprint density at radius 2 is 2.19 bits per heavy atom. The number of ether oxygens (including phenoxy) is 1. The van der Waals surface area contributed by atoms with Crippen molar-refractivity contribution in [2.24, 2.45) is 5.92 Å². The molecule has 4 nitrogen and oxygen atoms in total. The molecule has 3 rings (SSSR count). The highest BCUT2D eigenvalue weighted by Crippen LogP contribution is 2.35. The molecule has 0 radical (unpaired) electrons. The number of carbonyl (C=O) groups excluding carboxylic acids is 1. The first-order valence-electron chi connectivity index (χ1n) is 9.37. The minimum absolute atomic E-state index is 0.0287. The third kappa shape index (κ3) is 6.40. The molecule has 2 aromatic rings. The number of hydrogen-bond acceptors (Lipinski definition) is 3. The Hall–Kier alpha value is -2.33. The van der Waals surface area contributed by atoms with Crippen molar-refractivity contribution in [1.29, 1.82) is 0 Å². The van der Waals surface area contributed by atoms with Crippen LogP contribution in [0.25, 0.3) is 6.08 Å². The van der Waals surface area contributed by atoms with Gasteiger partial charge < -0.3 is 10.1 Å². The summed E-state index contributed by atoms with van der Waals surface area (Å²) in [4.78, 5) is 15.3. The van der Waals surface area contributed by atoms with E-state index in [0.29, 0.717) is 11.6 Å². The molecule has 0 saturated heterocycles. The predicted octanol–water partition coefficient (Wildman–Crippen LogP) is 5.41. The molecule has 1 fully saturated rings. The van der Waals surface area contributed by atoms with E-state index in [2.05, 4.69) is 10.3 Å². The number of rotatable bonds is 8. The summed E-state index contributed by atoms with van der Waals surface area (Å²) in [6.07, 6.45) is 10.5. The first kappa shape index (κ1) is 19.4.